The lowest BCUT2D eigenvalue weighted by Crippen LogP contribution is -2.31. The van der Waals surface area contributed by atoms with Crippen molar-refractivity contribution in [3.63, 3.8) is 0 Å². The van der Waals surface area contributed by atoms with Crippen LogP contribution in [0, 0.1) is 17.8 Å². The summed E-state index contributed by atoms with van der Waals surface area (Å²) in [5.41, 5.74) is 0. The Kier molecular flexibility index (Phi) is 5.05. The predicted molar refractivity (Wildman–Crippen MR) is 71.4 cm³/mol. The third-order valence-corrected chi connectivity index (χ3v) is 4.58. The van der Waals surface area contributed by atoms with E-state index in [0.29, 0.717) is 18.1 Å². The van der Waals surface area contributed by atoms with Crippen molar-refractivity contribution in [1.29, 1.82) is 0 Å². The lowest BCUT2D eigenvalue weighted by atomic mass is 9.91. The second kappa shape index (κ2) is 5.72. The largest absolute Gasteiger partial charge is 0.487 e. The summed E-state index contributed by atoms with van der Waals surface area (Å²) in [6.07, 6.45) is 0.335. The van der Waals surface area contributed by atoms with Gasteiger partial charge in [0.25, 0.3) is 0 Å². The summed E-state index contributed by atoms with van der Waals surface area (Å²) in [5.74, 6) is -1.18. The Hall–Kier alpha value is -0.0600. The fourth-order valence-corrected chi connectivity index (χ4v) is 3.30. The lowest BCUT2D eigenvalue weighted by molar-refractivity contribution is -0.146. The molecule has 98 valence electrons. The van der Waals surface area contributed by atoms with Gasteiger partial charge in [0.2, 0.25) is 0 Å². The maximum atomic E-state index is 11.7. The molecule has 0 amide bonds. The molecule has 0 aromatic heterocycles. The molecule has 1 aliphatic rings. The van der Waals surface area contributed by atoms with Crippen LogP contribution in [-0.4, -0.2) is 29.1 Å². The summed E-state index contributed by atoms with van der Waals surface area (Å²) in [6, 6.07) is 0. The van der Waals surface area contributed by atoms with E-state index in [1.807, 2.05) is 13.8 Å². The predicted octanol–water partition coefficient (Wildman–Crippen LogP) is 2.97. The van der Waals surface area contributed by atoms with Crippen molar-refractivity contribution in [3.05, 3.63) is 0 Å². The van der Waals surface area contributed by atoms with Crippen LogP contribution in [0.1, 0.15) is 20.3 Å². The molecule has 1 rings (SSSR count). The third-order valence-electron chi connectivity index (χ3n) is 3.19. The molecule has 0 bridgehead atoms. The van der Waals surface area contributed by atoms with E-state index in [2.05, 4.69) is 0 Å². The first-order valence-electron chi connectivity index (χ1n) is 5.47. The van der Waals surface area contributed by atoms with E-state index < -0.39 is 10.3 Å². The van der Waals surface area contributed by atoms with Gasteiger partial charge in [-0.25, -0.2) is 0 Å². The van der Waals surface area contributed by atoms with Crippen molar-refractivity contribution in [2.75, 3.05) is 13.7 Å². The molecule has 6 heteroatoms. The van der Waals surface area contributed by atoms with Crippen LogP contribution in [0.4, 0.5) is 0 Å². The first-order valence-corrected chi connectivity index (χ1v) is 6.63. The summed E-state index contributed by atoms with van der Waals surface area (Å²) in [5, 5.41) is 0.388. The van der Waals surface area contributed by atoms with Gasteiger partial charge in [0.05, 0.1) is 19.6 Å². The van der Waals surface area contributed by atoms with Gasteiger partial charge in [0.15, 0.2) is 5.05 Å². The fourth-order valence-electron chi connectivity index (χ4n) is 2.21. The van der Waals surface area contributed by atoms with Gasteiger partial charge in [0.1, 0.15) is 4.33 Å². The molecule has 1 saturated carbocycles. The molecule has 0 saturated heterocycles. The summed E-state index contributed by atoms with van der Waals surface area (Å²) in [4.78, 5) is 11.7. The van der Waals surface area contributed by atoms with Crippen LogP contribution >= 0.6 is 35.4 Å². The normalized spacial score (nSPS) is 31.0. The Morgan fingerprint density at radius 3 is 2.59 bits per heavy atom. The Labute approximate surface area is 117 Å². The van der Waals surface area contributed by atoms with E-state index in [1.165, 1.54) is 7.11 Å². The first-order chi connectivity index (χ1) is 7.85. The van der Waals surface area contributed by atoms with Gasteiger partial charge >= 0.3 is 5.97 Å². The molecule has 3 atom stereocenters. The van der Waals surface area contributed by atoms with Crippen molar-refractivity contribution in [1.82, 2.24) is 0 Å². The zero-order chi connectivity index (χ0) is 13.2. The molecule has 0 aromatic rings. The molecule has 3 nitrogen and oxygen atoms in total. The number of hydrogen-bond acceptors (Lipinski definition) is 4. The number of ether oxygens (including phenoxy) is 2. The Morgan fingerprint density at radius 2 is 2.12 bits per heavy atom. The first kappa shape index (κ1) is 15.0. The number of thiocarbonyl (C=S) groups is 1. The second-order valence-electron chi connectivity index (χ2n) is 4.16. The molecule has 0 heterocycles. The van der Waals surface area contributed by atoms with E-state index in [-0.39, 0.29) is 17.8 Å². The van der Waals surface area contributed by atoms with Crippen LogP contribution < -0.4 is 0 Å². The highest BCUT2D eigenvalue weighted by Crippen LogP contribution is 2.51. The third kappa shape index (κ3) is 3.04. The number of rotatable bonds is 3. The highest BCUT2D eigenvalue weighted by molar-refractivity contribution is 7.80. The zero-order valence-corrected chi connectivity index (χ0v) is 12.4. The van der Waals surface area contributed by atoms with Gasteiger partial charge in [-0.05, 0) is 25.6 Å². The summed E-state index contributed by atoms with van der Waals surface area (Å²) in [6.45, 7) is 4.18. The number of esters is 1. The standard InChI is InChI=1S/C11H16Cl2O3S/c1-4-16-10(17)8-6(2)11(12,13)5-7(8)9(14)15-3/h6-8H,4-5H2,1-3H3/t6-,7+,8-/m0/s1. The molecule has 1 aliphatic carbocycles. The number of methoxy groups -OCH3 is 1. The number of alkyl halides is 2. The molecule has 0 unspecified atom stereocenters. The van der Waals surface area contributed by atoms with Gasteiger partial charge in [-0.1, -0.05) is 6.92 Å². The van der Waals surface area contributed by atoms with Crippen molar-refractivity contribution in [2.24, 2.45) is 17.8 Å². The van der Waals surface area contributed by atoms with Gasteiger partial charge in [-0.15, -0.1) is 23.2 Å². The monoisotopic (exact) mass is 298 g/mol. The Bertz CT molecular complexity index is 320. The molecular weight excluding hydrogens is 283 g/mol. The average Bonchev–Trinajstić information content (AvgIpc) is 2.50. The van der Waals surface area contributed by atoms with E-state index in [1.54, 1.807) is 0 Å². The molecule has 1 fully saturated rings. The van der Waals surface area contributed by atoms with Crippen molar-refractivity contribution >= 4 is 46.4 Å². The van der Waals surface area contributed by atoms with E-state index in [0.717, 1.165) is 0 Å². The molecule has 0 spiro atoms. The van der Waals surface area contributed by atoms with Gasteiger partial charge < -0.3 is 9.47 Å². The highest BCUT2D eigenvalue weighted by Gasteiger charge is 2.54. The van der Waals surface area contributed by atoms with E-state index in [9.17, 15) is 4.79 Å². The van der Waals surface area contributed by atoms with Crippen molar-refractivity contribution in [3.8, 4) is 0 Å². The zero-order valence-electron chi connectivity index (χ0n) is 10.0. The maximum absolute atomic E-state index is 11.7. The molecule has 0 radical (unpaired) electrons. The number of carbonyl (C=O) groups is 1. The number of hydrogen-bond donors (Lipinski definition) is 0. The molecular formula is C11H16Cl2O3S. The van der Waals surface area contributed by atoms with Crippen LogP contribution in [0.25, 0.3) is 0 Å². The van der Waals surface area contributed by atoms with Crippen LogP contribution in [0.2, 0.25) is 0 Å². The minimum Gasteiger partial charge on any atom is -0.487 e. The van der Waals surface area contributed by atoms with Crippen LogP contribution in [0.15, 0.2) is 0 Å². The Balaban J connectivity index is 2.95. The van der Waals surface area contributed by atoms with Crippen molar-refractivity contribution in [2.45, 2.75) is 24.6 Å². The fraction of sp³-hybridized carbons (Fsp3) is 0.818. The highest BCUT2D eigenvalue weighted by atomic mass is 35.5. The van der Waals surface area contributed by atoms with Gasteiger partial charge in [0, 0.05) is 11.8 Å². The van der Waals surface area contributed by atoms with Crippen LogP contribution in [0.5, 0.6) is 0 Å². The minimum atomic E-state index is -0.968. The summed E-state index contributed by atoms with van der Waals surface area (Å²) < 4.78 is 9.12. The van der Waals surface area contributed by atoms with Crippen LogP contribution in [-0.2, 0) is 14.3 Å². The Morgan fingerprint density at radius 1 is 1.53 bits per heavy atom. The number of carbonyl (C=O) groups excluding carboxylic acids is 1. The molecule has 0 aliphatic heterocycles. The molecule has 17 heavy (non-hydrogen) atoms. The van der Waals surface area contributed by atoms with Gasteiger partial charge in [-0.3, -0.25) is 4.79 Å². The minimum absolute atomic E-state index is 0.144. The van der Waals surface area contributed by atoms with E-state index in [4.69, 9.17) is 44.9 Å². The second-order valence-corrected chi connectivity index (χ2v) is 6.11. The quantitative estimate of drug-likeness (QED) is 0.456. The van der Waals surface area contributed by atoms with Gasteiger partial charge in [-0.2, -0.15) is 0 Å². The molecule has 0 N–H and O–H groups in total. The lowest BCUT2D eigenvalue weighted by Gasteiger charge is -2.23. The average molecular weight is 299 g/mol. The SMILES string of the molecule is CCOC(=S)[C@@H]1[C@H](C(=O)OC)CC(Cl)(Cl)[C@H]1C. The van der Waals surface area contributed by atoms with E-state index >= 15 is 0 Å². The van der Waals surface area contributed by atoms with Crippen LogP contribution in [0.3, 0.4) is 0 Å². The topological polar surface area (TPSA) is 35.5 Å². The summed E-state index contributed by atoms with van der Waals surface area (Å²) >= 11 is 17.6. The summed E-state index contributed by atoms with van der Waals surface area (Å²) in [7, 11) is 1.34. The maximum Gasteiger partial charge on any atom is 0.309 e. The number of halogens is 2. The molecule has 0 aromatic carbocycles. The smallest absolute Gasteiger partial charge is 0.309 e. The van der Waals surface area contributed by atoms with Crippen molar-refractivity contribution < 1.29 is 14.3 Å².